The standard InChI is InChI=1S/C12H12BrNO2/c1-3-16-12(15)10-6-8-4-5-9(13)7(2)11(8)14-10/h4-6,14H,3H2,1-2H3. The van der Waals surface area contributed by atoms with E-state index in [1.807, 2.05) is 25.1 Å². The Hall–Kier alpha value is -1.29. The zero-order valence-corrected chi connectivity index (χ0v) is 10.7. The molecule has 0 aliphatic heterocycles. The van der Waals surface area contributed by atoms with Crippen molar-refractivity contribution in [2.75, 3.05) is 6.61 Å². The van der Waals surface area contributed by atoms with Crippen LogP contribution >= 0.6 is 15.9 Å². The summed E-state index contributed by atoms with van der Waals surface area (Å²) < 4.78 is 5.97. The Labute approximate surface area is 102 Å². The van der Waals surface area contributed by atoms with E-state index < -0.39 is 0 Å². The second kappa shape index (κ2) is 4.29. The normalized spacial score (nSPS) is 10.7. The molecule has 0 radical (unpaired) electrons. The maximum atomic E-state index is 11.5. The van der Waals surface area contributed by atoms with Crippen molar-refractivity contribution < 1.29 is 9.53 Å². The van der Waals surface area contributed by atoms with Gasteiger partial charge in [0.1, 0.15) is 5.69 Å². The third-order valence-electron chi connectivity index (χ3n) is 2.49. The van der Waals surface area contributed by atoms with Crippen LogP contribution in [0.5, 0.6) is 0 Å². The summed E-state index contributed by atoms with van der Waals surface area (Å²) in [5.41, 5.74) is 2.56. The molecular formula is C12H12BrNO2. The van der Waals surface area contributed by atoms with E-state index in [1.54, 1.807) is 6.92 Å². The lowest BCUT2D eigenvalue weighted by Crippen LogP contribution is -2.04. The summed E-state index contributed by atoms with van der Waals surface area (Å²) in [5.74, 6) is -0.311. The van der Waals surface area contributed by atoms with Crippen molar-refractivity contribution in [2.45, 2.75) is 13.8 Å². The molecule has 84 valence electrons. The minimum absolute atomic E-state index is 0.311. The van der Waals surface area contributed by atoms with Crippen molar-refractivity contribution in [2.24, 2.45) is 0 Å². The van der Waals surface area contributed by atoms with Gasteiger partial charge in [-0.3, -0.25) is 0 Å². The molecule has 0 aliphatic rings. The van der Waals surface area contributed by atoms with Crippen LogP contribution < -0.4 is 0 Å². The third-order valence-corrected chi connectivity index (χ3v) is 3.35. The number of carbonyl (C=O) groups is 1. The summed E-state index contributed by atoms with van der Waals surface area (Å²) in [4.78, 5) is 14.6. The van der Waals surface area contributed by atoms with Gasteiger partial charge in [-0.15, -0.1) is 0 Å². The molecule has 1 N–H and O–H groups in total. The number of aromatic nitrogens is 1. The zero-order chi connectivity index (χ0) is 11.7. The van der Waals surface area contributed by atoms with E-state index in [0.29, 0.717) is 12.3 Å². The van der Waals surface area contributed by atoms with Gasteiger partial charge in [0.05, 0.1) is 12.1 Å². The highest BCUT2D eigenvalue weighted by atomic mass is 79.9. The first-order valence-electron chi connectivity index (χ1n) is 5.08. The van der Waals surface area contributed by atoms with E-state index in [1.165, 1.54) is 0 Å². The minimum atomic E-state index is -0.311. The Bertz CT molecular complexity index is 545. The van der Waals surface area contributed by atoms with Gasteiger partial charge in [0.2, 0.25) is 0 Å². The lowest BCUT2D eigenvalue weighted by atomic mass is 10.2. The topological polar surface area (TPSA) is 42.1 Å². The number of hydrogen-bond donors (Lipinski definition) is 1. The molecule has 0 bridgehead atoms. The fourth-order valence-electron chi connectivity index (χ4n) is 1.64. The van der Waals surface area contributed by atoms with Crippen molar-refractivity contribution in [1.82, 2.24) is 4.98 Å². The molecule has 3 nitrogen and oxygen atoms in total. The van der Waals surface area contributed by atoms with Crippen LogP contribution in [0.25, 0.3) is 10.9 Å². The molecule has 4 heteroatoms. The van der Waals surface area contributed by atoms with Gasteiger partial charge >= 0.3 is 5.97 Å². The number of esters is 1. The average Bonchev–Trinajstić information content (AvgIpc) is 2.69. The first kappa shape index (κ1) is 11.2. The van der Waals surface area contributed by atoms with Gasteiger partial charge in [-0.25, -0.2) is 4.79 Å². The molecule has 0 atom stereocenters. The maximum Gasteiger partial charge on any atom is 0.354 e. The number of fused-ring (bicyclic) bond motifs is 1. The predicted octanol–water partition coefficient (Wildman–Crippen LogP) is 3.42. The molecule has 0 saturated carbocycles. The van der Waals surface area contributed by atoms with Gasteiger partial charge in [0.25, 0.3) is 0 Å². The zero-order valence-electron chi connectivity index (χ0n) is 9.13. The fourth-order valence-corrected chi connectivity index (χ4v) is 1.97. The van der Waals surface area contributed by atoms with Crippen molar-refractivity contribution in [3.8, 4) is 0 Å². The second-order valence-electron chi connectivity index (χ2n) is 3.54. The summed E-state index contributed by atoms with van der Waals surface area (Å²) in [6.45, 7) is 4.18. The van der Waals surface area contributed by atoms with Crippen molar-refractivity contribution in [3.05, 3.63) is 33.9 Å². The van der Waals surface area contributed by atoms with E-state index in [9.17, 15) is 4.79 Å². The lowest BCUT2D eigenvalue weighted by molar-refractivity contribution is 0.0520. The molecule has 0 saturated heterocycles. The van der Waals surface area contributed by atoms with Crippen LogP contribution in [0.4, 0.5) is 0 Å². The average molecular weight is 282 g/mol. The number of aryl methyl sites for hydroxylation is 1. The van der Waals surface area contributed by atoms with Gasteiger partial charge in [0, 0.05) is 9.86 Å². The molecule has 16 heavy (non-hydrogen) atoms. The largest absolute Gasteiger partial charge is 0.461 e. The summed E-state index contributed by atoms with van der Waals surface area (Å²) in [6.07, 6.45) is 0. The quantitative estimate of drug-likeness (QED) is 0.857. The summed E-state index contributed by atoms with van der Waals surface area (Å²) in [6, 6.07) is 5.75. The predicted molar refractivity (Wildman–Crippen MR) is 66.7 cm³/mol. The first-order valence-corrected chi connectivity index (χ1v) is 5.87. The van der Waals surface area contributed by atoms with Crippen LogP contribution in [0.1, 0.15) is 23.0 Å². The van der Waals surface area contributed by atoms with Crippen LogP contribution in [0.15, 0.2) is 22.7 Å². The van der Waals surface area contributed by atoms with Crippen LogP contribution in [-0.4, -0.2) is 17.6 Å². The molecule has 0 aliphatic carbocycles. The molecular weight excluding hydrogens is 270 g/mol. The van der Waals surface area contributed by atoms with Crippen LogP contribution in [-0.2, 0) is 4.74 Å². The van der Waals surface area contributed by atoms with Gasteiger partial charge in [-0.1, -0.05) is 22.0 Å². The van der Waals surface area contributed by atoms with E-state index in [4.69, 9.17) is 4.74 Å². The van der Waals surface area contributed by atoms with Gasteiger partial charge in [-0.2, -0.15) is 0 Å². The SMILES string of the molecule is CCOC(=O)c1cc2ccc(Br)c(C)c2[nH]1. The summed E-state index contributed by atoms with van der Waals surface area (Å²) >= 11 is 3.46. The minimum Gasteiger partial charge on any atom is -0.461 e. The van der Waals surface area contributed by atoms with Gasteiger partial charge in [-0.05, 0) is 31.5 Å². The second-order valence-corrected chi connectivity index (χ2v) is 4.39. The maximum absolute atomic E-state index is 11.5. The van der Waals surface area contributed by atoms with Gasteiger partial charge in [0.15, 0.2) is 0 Å². The molecule has 2 rings (SSSR count). The Morgan fingerprint density at radius 2 is 2.25 bits per heavy atom. The highest BCUT2D eigenvalue weighted by molar-refractivity contribution is 9.10. The smallest absolute Gasteiger partial charge is 0.354 e. The Morgan fingerprint density at radius 1 is 1.50 bits per heavy atom. The number of carbonyl (C=O) groups excluding carboxylic acids is 1. The molecule has 1 aromatic carbocycles. The van der Waals surface area contributed by atoms with Crippen LogP contribution in [0.3, 0.4) is 0 Å². The summed E-state index contributed by atoms with van der Waals surface area (Å²) in [7, 11) is 0. The third kappa shape index (κ3) is 1.85. The van der Waals surface area contributed by atoms with Crippen molar-refractivity contribution >= 4 is 32.8 Å². The number of nitrogens with one attached hydrogen (secondary N) is 1. The molecule has 2 aromatic rings. The fraction of sp³-hybridized carbons (Fsp3) is 0.250. The molecule has 1 aromatic heterocycles. The Morgan fingerprint density at radius 3 is 2.94 bits per heavy atom. The number of aromatic amines is 1. The Balaban J connectivity index is 2.52. The summed E-state index contributed by atoms with van der Waals surface area (Å²) in [5, 5.41) is 1.02. The Kier molecular flexibility index (Phi) is 3.01. The highest BCUT2D eigenvalue weighted by Gasteiger charge is 2.12. The number of rotatable bonds is 2. The van der Waals surface area contributed by atoms with E-state index in [2.05, 4.69) is 20.9 Å². The van der Waals surface area contributed by atoms with E-state index >= 15 is 0 Å². The van der Waals surface area contributed by atoms with Crippen molar-refractivity contribution in [1.29, 1.82) is 0 Å². The lowest BCUT2D eigenvalue weighted by Gasteiger charge is -1.99. The number of hydrogen-bond acceptors (Lipinski definition) is 2. The number of benzene rings is 1. The highest BCUT2D eigenvalue weighted by Crippen LogP contribution is 2.26. The number of halogens is 1. The molecule has 0 amide bonds. The number of ether oxygens (including phenoxy) is 1. The van der Waals surface area contributed by atoms with Crippen LogP contribution in [0.2, 0.25) is 0 Å². The van der Waals surface area contributed by atoms with E-state index in [-0.39, 0.29) is 5.97 Å². The van der Waals surface area contributed by atoms with Crippen molar-refractivity contribution in [3.63, 3.8) is 0 Å². The van der Waals surface area contributed by atoms with Crippen LogP contribution in [0, 0.1) is 6.92 Å². The number of H-pyrrole nitrogens is 1. The molecule has 1 heterocycles. The molecule has 0 fully saturated rings. The van der Waals surface area contributed by atoms with Gasteiger partial charge < -0.3 is 9.72 Å². The first-order chi connectivity index (χ1) is 7.63. The molecule has 0 unspecified atom stereocenters. The van der Waals surface area contributed by atoms with E-state index in [0.717, 1.165) is 20.9 Å². The monoisotopic (exact) mass is 281 g/mol. The molecule has 0 spiro atoms.